The predicted molar refractivity (Wildman–Crippen MR) is 121 cm³/mol. The van der Waals surface area contributed by atoms with Crippen molar-refractivity contribution in [2.45, 2.75) is 6.92 Å². The lowest BCUT2D eigenvalue weighted by molar-refractivity contribution is 0.102. The number of thiophene rings is 1. The maximum Gasteiger partial charge on any atom is 0.336 e. The highest BCUT2D eigenvalue weighted by atomic mass is 32.1. The summed E-state index contributed by atoms with van der Waals surface area (Å²) in [5, 5.41) is 9.15. The van der Waals surface area contributed by atoms with Crippen molar-refractivity contribution in [3.63, 3.8) is 0 Å². The van der Waals surface area contributed by atoms with Gasteiger partial charge in [0, 0.05) is 12.3 Å². The molecule has 0 saturated heterocycles. The molecule has 0 spiro atoms. The van der Waals surface area contributed by atoms with Gasteiger partial charge >= 0.3 is 6.01 Å². The number of nitrogens with one attached hydrogen (secondary N) is 1. The molecule has 0 fully saturated rings. The largest absolute Gasteiger partial charge is 0.460 e. The van der Waals surface area contributed by atoms with Crippen molar-refractivity contribution >= 4 is 22.9 Å². The summed E-state index contributed by atoms with van der Waals surface area (Å²) in [5.74, 6) is -0.433. The second-order valence-corrected chi connectivity index (χ2v) is 7.58. The van der Waals surface area contributed by atoms with Crippen LogP contribution in [-0.4, -0.2) is 40.5 Å². The van der Waals surface area contributed by atoms with E-state index in [9.17, 15) is 9.18 Å². The Balaban J connectivity index is 1.54. The minimum Gasteiger partial charge on any atom is -0.460 e. The first-order chi connectivity index (χ1) is 15.7. The van der Waals surface area contributed by atoms with Gasteiger partial charge < -0.3 is 14.8 Å². The predicted octanol–water partition coefficient (Wildman–Crippen LogP) is 4.80. The third-order valence-corrected chi connectivity index (χ3v) is 5.35. The van der Waals surface area contributed by atoms with Gasteiger partial charge in [-0.2, -0.15) is 4.98 Å². The number of anilines is 1. The Morgan fingerprint density at radius 1 is 1.09 bits per heavy atom. The maximum atomic E-state index is 13.8. The minimum atomic E-state index is -0.568. The van der Waals surface area contributed by atoms with E-state index in [1.807, 2.05) is 24.4 Å². The first kappa shape index (κ1) is 21.7. The topological polar surface area (TPSA) is 78.3 Å². The second-order valence-electron chi connectivity index (χ2n) is 6.63. The number of carbonyl (C=O) groups excluding carboxylic acids is 1. The average molecular weight is 453 g/mol. The lowest BCUT2D eigenvalue weighted by atomic mass is 10.2. The van der Waals surface area contributed by atoms with Crippen LogP contribution in [0.3, 0.4) is 0 Å². The van der Waals surface area contributed by atoms with Crippen molar-refractivity contribution in [2.24, 2.45) is 0 Å². The van der Waals surface area contributed by atoms with Crippen LogP contribution in [0.25, 0.3) is 16.4 Å². The molecule has 1 amide bonds. The second kappa shape index (κ2) is 10.2. The van der Waals surface area contributed by atoms with Gasteiger partial charge in [0.25, 0.3) is 5.91 Å². The van der Waals surface area contributed by atoms with Crippen LogP contribution in [0, 0.1) is 5.82 Å². The van der Waals surface area contributed by atoms with Crippen LogP contribution < -0.4 is 10.1 Å². The lowest BCUT2D eigenvalue weighted by Gasteiger charge is -2.08. The number of hydrogen-bond donors (Lipinski definition) is 1. The zero-order valence-electron chi connectivity index (χ0n) is 17.3. The summed E-state index contributed by atoms with van der Waals surface area (Å²) in [5.41, 5.74) is 1.26. The number of carbonyl (C=O) groups is 1. The van der Waals surface area contributed by atoms with Gasteiger partial charge in [0.05, 0.1) is 22.7 Å². The van der Waals surface area contributed by atoms with Crippen molar-refractivity contribution in [3.05, 3.63) is 77.4 Å². The van der Waals surface area contributed by atoms with Crippen molar-refractivity contribution in [2.75, 3.05) is 25.1 Å². The molecule has 2 aromatic carbocycles. The first-order valence-corrected chi connectivity index (χ1v) is 10.9. The molecular formula is C23H21FN4O3S. The van der Waals surface area contributed by atoms with Gasteiger partial charge in [0.2, 0.25) is 0 Å². The molecule has 0 saturated carbocycles. The molecule has 0 atom stereocenters. The highest BCUT2D eigenvalue weighted by Gasteiger charge is 2.16. The quantitative estimate of drug-likeness (QED) is 0.369. The van der Waals surface area contributed by atoms with Gasteiger partial charge in [-0.1, -0.05) is 18.2 Å². The molecular weight excluding hydrogens is 431 g/mol. The number of hydrogen-bond acceptors (Lipinski definition) is 6. The van der Waals surface area contributed by atoms with Gasteiger partial charge in [-0.15, -0.1) is 16.4 Å². The molecule has 0 aliphatic heterocycles. The zero-order chi connectivity index (χ0) is 22.3. The number of halogens is 1. The van der Waals surface area contributed by atoms with Gasteiger partial charge in [0.1, 0.15) is 12.4 Å². The molecule has 4 aromatic rings. The van der Waals surface area contributed by atoms with E-state index >= 15 is 0 Å². The lowest BCUT2D eigenvalue weighted by Crippen LogP contribution is -2.13. The number of aromatic nitrogens is 3. The number of nitrogens with zero attached hydrogens (tertiary/aromatic N) is 3. The van der Waals surface area contributed by atoms with Crippen LogP contribution in [0.1, 0.15) is 17.3 Å². The number of rotatable bonds is 9. The van der Waals surface area contributed by atoms with E-state index in [2.05, 4.69) is 15.4 Å². The smallest absolute Gasteiger partial charge is 0.336 e. The van der Waals surface area contributed by atoms with Crippen molar-refractivity contribution in [1.82, 2.24) is 14.8 Å². The van der Waals surface area contributed by atoms with E-state index in [0.717, 1.165) is 10.6 Å². The SMILES string of the molecule is CCOCCOc1nc(-c2cccs2)n(-c2ccc(NC(=O)c3ccccc3F)cc2)n1. The van der Waals surface area contributed by atoms with Crippen LogP contribution in [0.15, 0.2) is 66.0 Å². The number of amides is 1. The molecule has 2 aromatic heterocycles. The van der Waals surface area contributed by atoms with E-state index in [1.165, 1.54) is 12.1 Å². The molecule has 0 bridgehead atoms. The molecule has 0 radical (unpaired) electrons. The van der Waals surface area contributed by atoms with Crippen molar-refractivity contribution in [1.29, 1.82) is 0 Å². The van der Waals surface area contributed by atoms with Crippen LogP contribution in [-0.2, 0) is 4.74 Å². The molecule has 7 nitrogen and oxygen atoms in total. The summed E-state index contributed by atoms with van der Waals surface area (Å²) in [4.78, 5) is 17.8. The fourth-order valence-corrected chi connectivity index (χ4v) is 3.66. The van der Waals surface area contributed by atoms with E-state index in [0.29, 0.717) is 31.3 Å². The highest BCUT2D eigenvalue weighted by Crippen LogP contribution is 2.28. The molecule has 9 heteroatoms. The molecule has 0 unspecified atom stereocenters. The van der Waals surface area contributed by atoms with Crippen LogP contribution in [0.2, 0.25) is 0 Å². The summed E-state index contributed by atoms with van der Waals surface area (Å²) < 4.78 is 26.4. The zero-order valence-corrected chi connectivity index (χ0v) is 18.1. The van der Waals surface area contributed by atoms with Gasteiger partial charge in [0.15, 0.2) is 5.82 Å². The van der Waals surface area contributed by atoms with Gasteiger partial charge in [-0.25, -0.2) is 9.07 Å². The number of benzene rings is 2. The maximum absolute atomic E-state index is 13.8. The van der Waals surface area contributed by atoms with E-state index in [4.69, 9.17) is 9.47 Å². The Bertz CT molecular complexity index is 1180. The molecule has 0 aliphatic carbocycles. The molecule has 2 heterocycles. The van der Waals surface area contributed by atoms with Crippen molar-refractivity contribution in [3.8, 4) is 22.4 Å². The van der Waals surface area contributed by atoms with E-state index in [-0.39, 0.29) is 11.6 Å². The molecule has 1 N–H and O–H groups in total. The standard InChI is InChI=1S/C23H21FN4O3S/c1-2-30-13-14-31-23-26-21(20-8-5-15-32-20)28(27-23)17-11-9-16(10-12-17)25-22(29)18-6-3-4-7-19(18)24/h3-12,15H,2,13-14H2,1H3,(H,25,29). The Morgan fingerprint density at radius 3 is 2.62 bits per heavy atom. The Labute approximate surface area is 188 Å². The summed E-state index contributed by atoms with van der Waals surface area (Å²) in [6.07, 6.45) is 0. The third-order valence-electron chi connectivity index (χ3n) is 4.48. The van der Waals surface area contributed by atoms with Crippen molar-refractivity contribution < 1.29 is 18.7 Å². The minimum absolute atomic E-state index is 0.0123. The van der Waals surface area contributed by atoms with Crippen LogP contribution in [0.5, 0.6) is 6.01 Å². The van der Waals surface area contributed by atoms with E-state index < -0.39 is 11.7 Å². The Hall–Kier alpha value is -3.56. The first-order valence-electron chi connectivity index (χ1n) is 10.0. The normalized spacial score (nSPS) is 10.8. The fraction of sp³-hybridized carbons (Fsp3) is 0.174. The summed E-state index contributed by atoms with van der Waals surface area (Å²) >= 11 is 1.54. The van der Waals surface area contributed by atoms with Gasteiger partial charge in [-0.05, 0) is 54.8 Å². The summed E-state index contributed by atoms with van der Waals surface area (Å²) in [6, 6.07) is 17.0. The molecule has 0 aliphatic rings. The summed E-state index contributed by atoms with van der Waals surface area (Å²) in [6.45, 7) is 3.34. The molecule has 32 heavy (non-hydrogen) atoms. The third kappa shape index (κ3) is 5.01. The monoisotopic (exact) mass is 452 g/mol. The number of ether oxygens (including phenoxy) is 2. The Morgan fingerprint density at radius 2 is 1.91 bits per heavy atom. The Kier molecular flexibility index (Phi) is 6.88. The highest BCUT2D eigenvalue weighted by molar-refractivity contribution is 7.13. The average Bonchev–Trinajstić information content (AvgIpc) is 3.48. The van der Waals surface area contributed by atoms with E-state index in [1.54, 1.807) is 52.4 Å². The summed E-state index contributed by atoms with van der Waals surface area (Å²) in [7, 11) is 0. The van der Waals surface area contributed by atoms with Gasteiger partial charge in [-0.3, -0.25) is 4.79 Å². The fourth-order valence-electron chi connectivity index (χ4n) is 2.97. The van der Waals surface area contributed by atoms with Crippen LogP contribution >= 0.6 is 11.3 Å². The molecule has 164 valence electrons. The molecule has 4 rings (SSSR count). The van der Waals surface area contributed by atoms with Crippen LogP contribution in [0.4, 0.5) is 10.1 Å².